The zero-order valence-corrected chi connectivity index (χ0v) is 16.7. The van der Waals surface area contributed by atoms with Crippen LogP contribution in [0.3, 0.4) is 0 Å². The van der Waals surface area contributed by atoms with Gasteiger partial charge in [-0.2, -0.15) is 0 Å². The summed E-state index contributed by atoms with van der Waals surface area (Å²) in [7, 11) is 0. The van der Waals surface area contributed by atoms with Crippen molar-refractivity contribution in [3.63, 3.8) is 0 Å². The number of imidazole rings is 1. The lowest BCUT2D eigenvalue weighted by Crippen LogP contribution is -2.33. The Kier molecular flexibility index (Phi) is 5.66. The zero-order chi connectivity index (χ0) is 22.0. The fourth-order valence-electron chi connectivity index (χ4n) is 3.42. The normalized spacial score (nSPS) is 15.8. The van der Waals surface area contributed by atoms with Gasteiger partial charge in [-0.15, -0.1) is 0 Å². The first-order valence-corrected chi connectivity index (χ1v) is 9.67. The molecular formula is C22H20F2N4O3. The van der Waals surface area contributed by atoms with Crippen molar-refractivity contribution in [2.45, 2.75) is 19.6 Å². The molecule has 0 aliphatic carbocycles. The number of cyclic esters (lactones) is 1. The van der Waals surface area contributed by atoms with Crippen molar-refractivity contribution in [3.8, 4) is 11.1 Å². The summed E-state index contributed by atoms with van der Waals surface area (Å²) in [6.07, 6.45) is 3.81. The minimum atomic E-state index is -0.614. The maximum Gasteiger partial charge on any atom is 0.414 e. The summed E-state index contributed by atoms with van der Waals surface area (Å²) in [4.78, 5) is 28.4. The van der Waals surface area contributed by atoms with E-state index in [1.54, 1.807) is 41.5 Å². The van der Waals surface area contributed by atoms with E-state index in [2.05, 4.69) is 10.3 Å². The summed E-state index contributed by atoms with van der Waals surface area (Å²) in [5.41, 5.74) is 1.40. The van der Waals surface area contributed by atoms with Crippen LogP contribution in [0.4, 0.5) is 19.3 Å². The highest BCUT2D eigenvalue weighted by Gasteiger charge is 2.32. The van der Waals surface area contributed by atoms with Gasteiger partial charge in [0, 0.05) is 30.4 Å². The third-order valence-corrected chi connectivity index (χ3v) is 4.99. The first-order valence-electron chi connectivity index (χ1n) is 9.67. The van der Waals surface area contributed by atoms with Gasteiger partial charge in [0.1, 0.15) is 17.7 Å². The van der Waals surface area contributed by atoms with E-state index in [1.807, 2.05) is 0 Å². The second kappa shape index (κ2) is 8.55. The van der Waals surface area contributed by atoms with Gasteiger partial charge in [0.15, 0.2) is 0 Å². The lowest BCUT2D eigenvalue weighted by molar-refractivity contribution is -0.119. The summed E-state index contributed by atoms with van der Waals surface area (Å²) in [5, 5.41) is 2.59. The molecule has 4 rings (SSSR count). The zero-order valence-electron chi connectivity index (χ0n) is 16.7. The molecule has 1 atom stereocenters. The largest absolute Gasteiger partial charge is 0.442 e. The standard InChI is InChI=1S/C22H20F2N4O3/c1-14(29)26-10-18-12-28(22(30)31-18)17-4-5-19(21(24)9-17)15-2-3-16(20(23)8-15)11-27-7-6-25-13-27/h2-9,13,18H,10-12H2,1H3,(H,26,29)/t18-/m0/s1. The number of hydrogen-bond donors (Lipinski definition) is 1. The number of anilines is 1. The molecule has 1 aromatic heterocycles. The average Bonchev–Trinajstić information content (AvgIpc) is 3.37. The Hall–Kier alpha value is -3.75. The second-order valence-electron chi connectivity index (χ2n) is 7.26. The van der Waals surface area contributed by atoms with Crippen LogP contribution in [0.15, 0.2) is 55.1 Å². The van der Waals surface area contributed by atoms with Crippen LogP contribution >= 0.6 is 0 Å². The molecule has 0 spiro atoms. The van der Waals surface area contributed by atoms with E-state index in [9.17, 15) is 18.4 Å². The highest BCUT2D eigenvalue weighted by Crippen LogP contribution is 2.30. The number of amides is 2. The van der Waals surface area contributed by atoms with Crippen LogP contribution in [0.25, 0.3) is 11.1 Å². The number of carbonyl (C=O) groups excluding carboxylic acids is 2. The molecule has 2 amide bonds. The average molecular weight is 426 g/mol. The Morgan fingerprint density at radius 2 is 2.06 bits per heavy atom. The molecule has 0 radical (unpaired) electrons. The predicted octanol–water partition coefficient (Wildman–Crippen LogP) is 3.34. The third-order valence-electron chi connectivity index (χ3n) is 4.99. The summed E-state index contributed by atoms with van der Waals surface area (Å²) < 4.78 is 36.3. The molecule has 1 N–H and O–H groups in total. The number of nitrogens with zero attached hydrogens (tertiary/aromatic N) is 3. The highest BCUT2D eigenvalue weighted by atomic mass is 19.1. The maximum atomic E-state index is 14.8. The number of carbonyl (C=O) groups is 2. The summed E-state index contributed by atoms with van der Waals surface area (Å²) in [6.45, 7) is 2.07. The predicted molar refractivity (Wildman–Crippen MR) is 109 cm³/mol. The van der Waals surface area contributed by atoms with E-state index >= 15 is 0 Å². The molecule has 31 heavy (non-hydrogen) atoms. The fraction of sp³-hybridized carbons (Fsp3) is 0.227. The summed E-state index contributed by atoms with van der Waals surface area (Å²) in [6, 6.07) is 8.86. The van der Waals surface area contributed by atoms with Crippen molar-refractivity contribution >= 4 is 17.7 Å². The van der Waals surface area contributed by atoms with Gasteiger partial charge >= 0.3 is 6.09 Å². The minimum Gasteiger partial charge on any atom is -0.442 e. The topological polar surface area (TPSA) is 76.5 Å². The molecule has 9 heteroatoms. The van der Waals surface area contributed by atoms with Crippen molar-refractivity contribution in [3.05, 3.63) is 72.3 Å². The van der Waals surface area contributed by atoms with Crippen LogP contribution in [-0.2, 0) is 16.1 Å². The van der Waals surface area contributed by atoms with E-state index in [1.165, 1.54) is 30.0 Å². The molecule has 7 nitrogen and oxygen atoms in total. The van der Waals surface area contributed by atoms with Gasteiger partial charge in [0.05, 0.1) is 31.6 Å². The molecule has 1 fully saturated rings. The van der Waals surface area contributed by atoms with Crippen LogP contribution < -0.4 is 10.2 Å². The number of aromatic nitrogens is 2. The number of benzene rings is 2. The van der Waals surface area contributed by atoms with E-state index < -0.39 is 23.8 Å². The molecule has 2 aromatic carbocycles. The van der Waals surface area contributed by atoms with Gasteiger partial charge < -0.3 is 14.6 Å². The number of hydrogen-bond acceptors (Lipinski definition) is 4. The quantitative estimate of drug-likeness (QED) is 0.656. The maximum absolute atomic E-state index is 14.8. The van der Waals surface area contributed by atoms with Gasteiger partial charge in [-0.3, -0.25) is 9.69 Å². The van der Waals surface area contributed by atoms with Crippen molar-refractivity contribution in [1.82, 2.24) is 14.9 Å². The smallest absolute Gasteiger partial charge is 0.414 e. The van der Waals surface area contributed by atoms with E-state index in [-0.39, 0.29) is 24.6 Å². The van der Waals surface area contributed by atoms with Crippen molar-refractivity contribution in [1.29, 1.82) is 0 Å². The van der Waals surface area contributed by atoms with Crippen LogP contribution in [-0.4, -0.2) is 40.7 Å². The highest BCUT2D eigenvalue weighted by molar-refractivity contribution is 5.90. The monoisotopic (exact) mass is 426 g/mol. The summed E-state index contributed by atoms with van der Waals surface area (Å²) in [5.74, 6) is -1.26. The molecular weight excluding hydrogens is 406 g/mol. The Morgan fingerprint density at radius 1 is 1.23 bits per heavy atom. The number of halogens is 2. The first-order chi connectivity index (χ1) is 14.9. The second-order valence-corrected chi connectivity index (χ2v) is 7.26. The van der Waals surface area contributed by atoms with E-state index in [4.69, 9.17) is 4.74 Å². The number of ether oxygens (including phenoxy) is 1. The van der Waals surface area contributed by atoms with Crippen LogP contribution in [0.1, 0.15) is 12.5 Å². The Balaban J connectivity index is 1.51. The summed E-state index contributed by atoms with van der Waals surface area (Å²) >= 11 is 0. The van der Waals surface area contributed by atoms with Crippen molar-refractivity contribution < 1.29 is 23.1 Å². The van der Waals surface area contributed by atoms with Crippen LogP contribution in [0, 0.1) is 11.6 Å². The Morgan fingerprint density at radius 3 is 2.74 bits per heavy atom. The molecule has 1 aliphatic rings. The molecule has 2 heterocycles. The van der Waals surface area contributed by atoms with Crippen LogP contribution in [0.5, 0.6) is 0 Å². The molecule has 160 valence electrons. The van der Waals surface area contributed by atoms with Crippen LogP contribution in [0.2, 0.25) is 0 Å². The van der Waals surface area contributed by atoms with Gasteiger partial charge in [0.25, 0.3) is 0 Å². The Labute approximate surface area is 177 Å². The first kappa shape index (κ1) is 20.5. The minimum absolute atomic E-state index is 0.183. The van der Waals surface area contributed by atoms with Gasteiger partial charge in [0.2, 0.25) is 5.91 Å². The number of rotatable bonds is 6. The molecule has 0 saturated carbocycles. The van der Waals surface area contributed by atoms with Crippen molar-refractivity contribution in [2.75, 3.05) is 18.0 Å². The fourth-order valence-corrected chi connectivity index (χ4v) is 3.42. The SMILES string of the molecule is CC(=O)NC[C@H]1CN(c2ccc(-c3ccc(Cn4ccnc4)c(F)c3)c(F)c2)C(=O)O1. The lowest BCUT2D eigenvalue weighted by atomic mass is 10.0. The Bertz CT molecular complexity index is 1120. The third kappa shape index (κ3) is 4.55. The number of nitrogens with one attached hydrogen (secondary N) is 1. The van der Waals surface area contributed by atoms with Gasteiger partial charge in [-0.1, -0.05) is 12.1 Å². The van der Waals surface area contributed by atoms with E-state index in [0.29, 0.717) is 23.4 Å². The van der Waals surface area contributed by atoms with Crippen molar-refractivity contribution in [2.24, 2.45) is 0 Å². The van der Waals surface area contributed by atoms with E-state index in [0.717, 1.165) is 0 Å². The molecule has 0 unspecified atom stereocenters. The molecule has 1 saturated heterocycles. The molecule has 1 aliphatic heterocycles. The molecule has 3 aromatic rings. The van der Waals surface area contributed by atoms with Gasteiger partial charge in [-0.25, -0.2) is 18.6 Å². The van der Waals surface area contributed by atoms with Gasteiger partial charge in [-0.05, 0) is 29.8 Å². The lowest BCUT2D eigenvalue weighted by Gasteiger charge is -2.15. The molecule has 0 bridgehead atoms.